The molecule has 15 heavy (non-hydrogen) atoms. The fraction of sp³-hybridized carbons (Fsp3) is 0.556. The Bertz CT molecular complexity index is 432. The normalized spacial score (nSPS) is 18.5. The lowest BCUT2D eigenvalue weighted by molar-refractivity contribution is 0.282. The van der Waals surface area contributed by atoms with Crippen LogP contribution in [-0.4, -0.2) is 30.9 Å². The summed E-state index contributed by atoms with van der Waals surface area (Å²) in [7, 11) is -3.35. The fourth-order valence-electron chi connectivity index (χ4n) is 1.74. The van der Waals surface area contributed by atoms with Crippen molar-refractivity contribution in [3.63, 3.8) is 0 Å². The van der Waals surface area contributed by atoms with Crippen LogP contribution in [0.5, 0.6) is 0 Å². The van der Waals surface area contributed by atoms with E-state index < -0.39 is 10.0 Å². The average Bonchev–Trinajstić information content (AvgIpc) is 2.89. The minimum atomic E-state index is -3.35. The Balaban J connectivity index is 2.36. The smallest absolute Gasteiger partial charge is 0.244 e. The fourth-order valence-corrected chi connectivity index (χ4v) is 4.52. The van der Waals surface area contributed by atoms with Gasteiger partial charge in [0.05, 0.1) is 11.5 Å². The standard InChI is InChI=1S/C9H13NO3S2/c11-7-8-9(3-6-14-8)15(12,13)10-4-1-2-5-10/h3,6,11H,1-2,4-5,7H2. The van der Waals surface area contributed by atoms with Gasteiger partial charge in [0.15, 0.2) is 0 Å². The molecular formula is C9H13NO3S2. The summed E-state index contributed by atoms with van der Waals surface area (Å²) in [5, 5.41) is 10.7. The summed E-state index contributed by atoms with van der Waals surface area (Å²) in [6.45, 7) is 0.992. The first kappa shape index (κ1) is 11.1. The highest BCUT2D eigenvalue weighted by atomic mass is 32.2. The molecule has 0 saturated carbocycles. The van der Waals surface area contributed by atoms with Crippen LogP contribution in [0.4, 0.5) is 0 Å². The van der Waals surface area contributed by atoms with Gasteiger partial charge < -0.3 is 5.11 Å². The minimum absolute atomic E-state index is 0.208. The molecule has 0 bridgehead atoms. The molecule has 2 rings (SSSR count). The summed E-state index contributed by atoms with van der Waals surface area (Å²) in [6.07, 6.45) is 1.86. The van der Waals surface area contributed by atoms with Gasteiger partial charge in [-0.15, -0.1) is 11.3 Å². The van der Waals surface area contributed by atoms with Gasteiger partial charge in [0.25, 0.3) is 0 Å². The van der Waals surface area contributed by atoms with Crippen molar-refractivity contribution in [2.75, 3.05) is 13.1 Å². The predicted molar refractivity (Wildman–Crippen MR) is 58.2 cm³/mol. The van der Waals surface area contributed by atoms with Gasteiger partial charge in [-0.3, -0.25) is 0 Å². The zero-order valence-electron chi connectivity index (χ0n) is 8.22. The molecule has 0 aliphatic carbocycles. The largest absolute Gasteiger partial charge is 0.391 e. The first-order chi connectivity index (χ1) is 7.16. The lowest BCUT2D eigenvalue weighted by Gasteiger charge is -2.15. The zero-order valence-corrected chi connectivity index (χ0v) is 9.85. The Morgan fingerprint density at radius 1 is 1.40 bits per heavy atom. The molecule has 0 atom stereocenters. The molecule has 1 aliphatic heterocycles. The number of aliphatic hydroxyl groups is 1. The summed E-state index contributed by atoms with van der Waals surface area (Å²) < 4.78 is 25.7. The molecule has 0 amide bonds. The number of sulfonamides is 1. The number of rotatable bonds is 3. The molecule has 0 aromatic carbocycles. The van der Waals surface area contributed by atoms with E-state index in [1.54, 1.807) is 11.4 Å². The van der Waals surface area contributed by atoms with E-state index in [2.05, 4.69) is 0 Å². The zero-order chi connectivity index (χ0) is 10.9. The SMILES string of the molecule is O=S(=O)(c1ccsc1CO)N1CCCC1. The summed E-state index contributed by atoms with van der Waals surface area (Å²) in [5.74, 6) is 0. The van der Waals surface area contributed by atoms with E-state index in [4.69, 9.17) is 5.11 Å². The molecule has 1 fully saturated rings. The highest BCUT2D eigenvalue weighted by Crippen LogP contribution is 2.27. The second-order valence-electron chi connectivity index (χ2n) is 3.48. The highest BCUT2D eigenvalue weighted by Gasteiger charge is 2.29. The number of thiophene rings is 1. The molecule has 6 heteroatoms. The number of aliphatic hydroxyl groups excluding tert-OH is 1. The van der Waals surface area contributed by atoms with Crippen molar-refractivity contribution < 1.29 is 13.5 Å². The number of nitrogens with zero attached hydrogens (tertiary/aromatic N) is 1. The summed E-state index contributed by atoms with van der Waals surface area (Å²) >= 11 is 1.28. The van der Waals surface area contributed by atoms with Crippen LogP contribution in [0.15, 0.2) is 16.3 Å². The van der Waals surface area contributed by atoms with Crippen LogP contribution < -0.4 is 0 Å². The van der Waals surface area contributed by atoms with Crippen molar-refractivity contribution in [2.45, 2.75) is 24.3 Å². The van der Waals surface area contributed by atoms with Crippen LogP contribution in [0.2, 0.25) is 0 Å². The van der Waals surface area contributed by atoms with Gasteiger partial charge in [0.2, 0.25) is 10.0 Å². The van der Waals surface area contributed by atoms with Crippen molar-refractivity contribution in [2.24, 2.45) is 0 Å². The molecule has 1 aromatic rings. The first-order valence-electron chi connectivity index (χ1n) is 4.83. The van der Waals surface area contributed by atoms with E-state index in [0.29, 0.717) is 18.0 Å². The molecule has 2 heterocycles. The average molecular weight is 247 g/mol. The quantitative estimate of drug-likeness (QED) is 0.867. The van der Waals surface area contributed by atoms with Gasteiger partial charge >= 0.3 is 0 Å². The predicted octanol–water partition coefficient (Wildman–Crippen LogP) is 1.02. The van der Waals surface area contributed by atoms with Gasteiger partial charge in [-0.25, -0.2) is 8.42 Å². The van der Waals surface area contributed by atoms with E-state index in [9.17, 15) is 8.42 Å². The Kier molecular flexibility index (Phi) is 3.11. The monoisotopic (exact) mass is 247 g/mol. The van der Waals surface area contributed by atoms with E-state index >= 15 is 0 Å². The van der Waals surface area contributed by atoms with Gasteiger partial charge in [-0.1, -0.05) is 0 Å². The Morgan fingerprint density at radius 3 is 2.67 bits per heavy atom. The lowest BCUT2D eigenvalue weighted by Crippen LogP contribution is -2.28. The van der Waals surface area contributed by atoms with Crippen LogP contribution >= 0.6 is 11.3 Å². The Hall–Kier alpha value is -0.430. The minimum Gasteiger partial charge on any atom is -0.391 e. The van der Waals surface area contributed by atoms with Crippen molar-refractivity contribution in [3.05, 3.63) is 16.3 Å². The van der Waals surface area contributed by atoms with E-state index in [1.165, 1.54) is 15.6 Å². The summed E-state index contributed by atoms with van der Waals surface area (Å²) in [6, 6.07) is 1.57. The molecule has 0 radical (unpaired) electrons. The molecule has 1 N–H and O–H groups in total. The van der Waals surface area contributed by atoms with Crippen molar-refractivity contribution in [1.82, 2.24) is 4.31 Å². The molecule has 0 unspecified atom stereocenters. The van der Waals surface area contributed by atoms with Gasteiger partial charge in [-0.05, 0) is 24.3 Å². The molecule has 4 nitrogen and oxygen atoms in total. The second-order valence-corrected chi connectivity index (χ2v) is 6.38. The Morgan fingerprint density at radius 2 is 2.07 bits per heavy atom. The number of hydrogen-bond acceptors (Lipinski definition) is 4. The molecule has 1 aromatic heterocycles. The van der Waals surface area contributed by atoms with Gasteiger partial charge in [0, 0.05) is 18.0 Å². The molecule has 84 valence electrons. The Labute approximate surface area is 93.2 Å². The lowest BCUT2D eigenvalue weighted by atomic mass is 10.4. The first-order valence-corrected chi connectivity index (χ1v) is 7.15. The van der Waals surface area contributed by atoms with Crippen molar-refractivity contribution in [3.8, 4) is 0 Å². The maximum atomic E-state index is 12.1. The molecule has 1 saturated heterocycles. The number of hydrogen-bond donors (Lipinski definition) is 1. The van der Waals surface area contributed by atoms with Crippen molar-refractivity contribution in [1.29, 1.82) is 0 Å². The van der Waals surface area contributed by atoms with E-state index in [1.807, 2.05) is 0 Å². The third-order valence-electron chi connectivity index (χ3n) is 2.53. The third kappa shape index (κ3) is 1.94. The molecule has 1 aliphatic rings. The van der Waals surface area contributed by atoms with Crippen LogP contribution in [0.25, 0.3) is 0 Å². The van der Waals surface area contributed by atoms with Crippen LogP contribution in [0.3, 0.4) is 0 Å². The van der Waals surface area contributed by atoms with Crippen molar-refractivity contribution >= 4 is 21.4 Å². The van der Waals surface area contributed by atoms with Crippen LogP contribution in [-0.2, 0) is 16.6 Å². The van der Waals surface area contributed by atoms with E-state index in [-0.39, 0.29) is 11.5 Å². The third-order valence-corrected chi connectivity index (χ3v) is 5.55. The highest BCUT2D eigenvalue weighted by molar-refractivity contribution is 7.89. The topological polar surface area (TPSA) is 57.6 Å². The molecular weight excluding hydrogens is 234 g/mol. The maximum Gasteiger partial charge on any atom is 0.244 e. The summed E-state index contributed by atoms with van der Waals surface area (Å²) in [4.78, 5) is 0.804. The molecule has 0 spiro atoms. The van der Waals surface area contributed by atoms with Gasteiger partial charge in [0.1, 0.15) is 0 Å². The van der Waals surface area contributed by atoms with Gasteiger partial charge in [-0.2, -0.15) is 4.31 Å². The maximum absolute atomic E-state index is 12.1. The second kappa shape index (κ2) is 4.21. The van der Waals surface area contributed by atoms with E-state index in [0.717, 1.165) is 12.8 Å². The van der Waals surface area contributed by atoms with Crippen LogP contribution in [0.1, 0.15) is 17.7 Å². The summed E-state index contributed by atoms with van der Waals surface area (Å²) in [5.41, 5.74) is 0. The van der Waals surface area contributed by atoms with Crippen LogP contribution in [0, 0.1) is 0 Å².